The maximum absolute atomic E-state index is 14.5. The molecule has 0 aliphatic rings. The van der Waals surface area contributed by atoms with E-state index in [4.69, 9.17) is 20.8 Å². The lowest BCUT2D eigenvalue weighted by atomic mass is 10.1. The van der Waals surface area contributed by atoms with Crippen LogP contribution in [0.3, 0.4) is 0 Å². The molecule has 2 heterocycles. The van der Waals surface area contributed by atoms with E-state index >= 15 is 0 Å². The van der Waals surface area contributed by atoms with Gasteiger partial charge in [-0.2, -0.15) is 0 Å². The number of ether oxygens (including phenoxy) is 1. The molecule has 6 nitrogen and oxygen atoms in total. The van der Waals surface area contributed by atoms with Crippen LogP contribution in [0, 0.1) is 5.82 Å². The van der Waals surface area contributed by atoms with Gasteiger partial charge in [0.15, 0.2) is 16.6 Å². The summed E-state index contributed by atoms with van der Waals surface area (Å²) in [6, 6.07) is 3.33. The number of hydrogen-bond acceptors (Lipinski definition) is 5. The van der Waals surface area contributed by atoms with Crippen molar-refractivity contribution in [2.45, 2.75) is 38.8 Å². The zero-order chi connectivity index (χ0) is 21.3. The minimum Gasteiger partial charge on any atom is -0.407 e. The maximum atomic E-state index is 14.5. The molecule has 2 aromatic heterocycles. The summed E-state index contributed by atoms with van der Waals surface area (Å²) in [7, 11) is -1.32. The van der Waals surface area contributed by atoms with Crippen LogP contribution in [-0.2, 0) is 11.5 Å². The van der Waals surface area contributed by atoms with Gasteiger partial charge >= 0.3 is 5.76 Å². The summed E-state index contributed by atoms with van der Waals surface area (Å²) in [6.45, 7) is 6.83. The molecule has 0 spiro atoms. The topological polar surface area (TPSA) is 70.2 Å². The highest BCUT2D eigenvalue weighted by Gasteiger charge is 2.22. The van der Waals surface area contributed by atoms with Crippen molar-refractivity contribution < 1.29 is 22.3 Å². The standard InChI is InChI=1S/C18H19ClF3N3O3Si/c1-29(2,3)7-6-27-9-25-14-11(20)5-4-10(15(14)28-18(25)26)12-8-23-13(17(21)22)16(19)24-12/h4-5,8,17H,6-7,9H2,1-3H3. The number of oxazole rings is 1. The van der Waals surface area contributed by atoms with Gasteiger partial charge in [0, 0.05) is 20.2 Å². The molecule has 0 aliphatic carbocycles. The van der Waals surface area contributed by atoms with Crippen LogP contribution < -0.4 is 5.76 Å². The molecule has 0 saturated carbocycles. The normalized spacial score (nSPS) is 12.3. The number of rotatable bonds is 7. The molecule has 0 amide bonds. The van der Waals surface area contributed by atoms with E-state index < -0.39 is 36.9 Å². The van der Waals surface area contributed by atoms with E-state index in [1.165, 1.54) is 6.07 Å². The highest BCUT2D eigenvalue weighted by atomic mass is 35.5. The lowest BCUT2D eigenvalue weighted by Crippen LogP contribution is -2.23. The van der Waals surface area contributed by atoms with Gasteiger partial charge in [-0.3, -0.25) is 0 Å². The number of benzene rings is 1. The fourth-order valence-corrected chi connectivity index (χ4v) is 3.62. The molecule has 3 aromatic rings. The molecule has 0 N–H and O–H groups in total. The number of hydrogen-bond donors (Lipinski definition) is 0. The molecule has 11 heteroatoms. The summed E-state index contributed by atoms with van der Waals surface area (Å²) < 4.78 is 51.9. The Morgan fingerprint density at radius 2 is 2.03 bits per heavy atom. The Hall–Kier alpha value is -2.17. The summed E-state index contributed by atoms with van der Waals surface area (Å²) in [5.41, 5.74) is -0.571. The molecule has 0 bridgehead atoms. The van der Waals surface area contributed by atoms with E-state index in [1.54, 1.807) is 0 Å². The molecule has 0 saturated heterocycles. The van der Waals surface area contributed by atoms with Gasteiger partial charge in [0.05, 0.1) is 11.9 Å². The third-order valence-corrected chi connectivity index (χ3v) is 6.20. The fourth-order valence-electron chi connectivity index (χ4n) is 2.64. The van der Waals surface area contributed by atoms with Gasteiger partial charge in [0.25, 0.3) is 6.43 Å². The third kappa shape index (κ3) is 4.70. The van der Waals surface area contributed by atoms with Crippen molar-refractivity contribution in [2.75, 3.05) is 6.61 Å². The van der Waals surface area contributed by atoms with Crippen LogP contribution >= 0.6 is 11.6 Å². The number of halogens is 4. The Bertz CT molecular complexity index is 1100. The second-order valence-electron chi connectivity index (χ2n) is 7.65. The van der Waals surface area contributed by atoms with Gasteiger partial charge in [-0.25, -0.2) is 32.5 Å². The maximum Gasteiger partial charge on any atom is 0.421 e. The molecule has 0 fully saturated rings. The van der Waals surface area contributed by atoms with Crippen LogP contribution in [0.25, 0.3) is 22.4 Å². The van der Waals surface area contributed by atoms with E-state index in [9.17, 15) is 18.0 Å². The van der Waals surface area contributed by atoms with Crippen molar-refractivity contribution in [2.24, 2.45) is 0 Å². The average Bonchev–Trinajstić information content (AvgIpc) is 2.95. The van der Waals surface area contributed by atoms with Crippen molar-refractivity contribution in [1.82, 2.24) is 14.5 Å². The number of nitrogens with zero attached hydrogens (tertiary/aromatic N) is 3. The first-order valence-corrected chi connectivity index (χ1v) is 12.9. The minimum atomic E-state index is -2.88. The zero-order valence-electron chi connectivity index (χ0n) is 16.0. The summed E-state index contributed by atoms with van der Waals surface area (Å²) in [4.78, 5) is 19.8. The Morgan fingerprint density at radius 1 is 1.31 bits per heavy atom. The highest BCUT2D eigenvalue weighted by molar-refractivity contribution is 6.76. The van der Waals surface area contributed by atoms with Gasteiger partial charge in [-0.15, -0.1) is 0 Å². The molecule has 3 rings (SSSR count). The Labute approximate surface area is 170 Å². The smallest absolute Gasteiger partial charge is 0.407 e. The Morgan fingerprint density at radius 3 is 2.66 bits per heavy atom. The zero-order valence-corrected chi connectivity index (χ0v) is 17.8. The molecule has 0 radical (unpaired) electrons. The van der Waals surface area contributed by atoms with E-state index in [1.807, 2.05) is 0 Å². The van der Waals surface area contributed by atoms with Gasteiger partial charge in [-0.1, -0.05) is 31.2 Å². The van der Waals surface area contributed by atoms with Gasteiger partial charge in [-0.05, 0) is 18.2 Å². The number of alkyl halides is 2. The fraction of sp³-hybridized carbons (Fsp3) is 0.389. The first-order valence-electron chi connectivity index (χ1n) is 8.79. The Kier molecular flexibility index (Phi) is 6.15. The van der Waals surface area contributed by atoms with E-state index in [-0.39, 0.29) is 29.1 Å². The largest absolute Gasteiger partial charge is 0.421 e. The highest BCUT2D eigenvalue weighted by Crippen LogP contribution is 2.31. The first-order chi connectivity index (χ1) is 13.6. The lowest BCUT2D eigenvalue weighted by Gasteiger charge is -2.15. The molecule has 0 atom stereocenters. The SMILES string of the molecule is C[Si](C)(C)CCOCn1c(=O)oc2c(-c3cnc(C(F)F)c(Cl)n3)ccc(F)c21. The quantitative estimate of drug-likeness (QED) is 0.374. The third-order valence-electron chi connectivity index (χ3n) is 4.22. The van der Waals surface area contributed by atoms with Gasteiger partial charge in [0.2, 0.25) is 0 Å². The van der Waals surface area contributed by atoms with E-state index in [0.717, 1.165) is 22.9 Å². The van der Waals surface area contributed by atoms with Crippen LogP contribution in [0.2, 0.25) is 30.8 Å². The second kappa shape index (κ2) is 8.29. The van der Waals surface area contributed by atoms with Crippen molar-refractivity contribution in [3.05, 3.63) is 45.5 Å². The Balaban J connectivity index is 1.99. The van der Waals surface area contributed by atoms with Crippen LogP contribution in [0.4, 0.5) is 13.2 Å². The molecule has 156 valence electrons. The van der Waals surface area contributed by atoms with E-state index in [2.05, 4.69) is 29.6 Å². The number of fused-ring (bicyclic) bond motifs is 1. The van der Waals surface area contributed by atoms with Gasteiger partial charge < -0.3 is 9.15 Å². The minimum absolute atomic E-state index is 0.0740. The molecular formula is C18H19ClF3N3O3Si. The summed E-state index contributed by atoms with van der Waals surface area (Å²) in [5, 5.41) is -0.480. The van der Waals surface area contributed by atoms with Crippen LogP contribution in [-0.4, -0.2) is 29.2 Å². The van der Waals surface area contributed by atoms with Crippen molar-refractivity contribution in [3.8, 4) is 11.3 Å². The lowest BCUT2D eigenvalue weighted by molar-refractivity contribution is 0.0847. The van der Waals surface area contributed by atoms with Crippen molar-refractivity contribution >= 4 is 30.8 Å². The summed E-state index contributed by atoms with van der Waals surface area (Å²) in [5.74, 6) is -1.49. The van der Waals surface area contributed by atoms with E-state index in [0.29, 0.717) is 6.61 Å². The molecule has 0 aliphatic heterocycles. The monoisotopic (exact) mass is 445 g/mol. The van der Waals surface area contributed by atoms with Crippen LogP contribution in [0.15, 0.2) is 27.5 Å². The molecule has 1 aromatic carbocycles. The van der Waals surface area contributed by atoms with Gasteiger partial charge in [0.1, 0.15) is 17.9 Å². The summed E-state index contributed by atoms with van der Waals surface area (Å²) in [6.07, 6.45) is -1.81. The van der Waals surface area contributed by atoms with Crippen LogP contribution in [0.1, 0.15) is 12.1 Å². The molecule has 29 heavy (non-hydrogen) atoms. The predicted molar refractivity (Wildman–Crippen MR) is 106 cm³/mol. The predicted octanol–water partition coefficient (Wildman–Crippen LogP) is 5.09. The average molecular weight is 446 g/mol. The second-order valence-corrected chi connectivity index (χ2v) is 13.6. The van der Waals surface area contributed by atoms with Crippen molar-refractivity contribution in [3.63, 3.8) is 0 Å². The molecular weight excluding hydrogens is 427 g/mol. The van der Waals surface area contributed by atoms with Crippen molar-refractivity contribution in [1.29, 1.82) is 0 Å². The number of aromatic nitrogens is 3. The summed E-state index contributed by atoms with van der Waals surface area (Å²) >= 11 is 5.77. The van der Waals surface area contributed by atoms with Crippen LogP contribution in [0.5, 0.6) is 0 Å². The molecule has 0 unspecified atom stereocenters. The first kappa shape index (κ1) is 21.5.